The number of hydrogen-bond donors (Lipinski definition) is 0. The lowest BCUT2D eigenvalue weighted by Gasteiger charge is -2.04. The van der Waals surface area contributed by atoms with Gasteiger partial charge in [-0.3, -0.25) is 4.98 Å². The van der Waals surface area contributed by atoms with Crippen LogP contribution >= 0.6 is 11.3 Å². The second-order valence-electron chi connectivity index (χ2n) is 8.92. The van der Waals surface area contributed by atoms with Gasteiger partial charge in [-0.25, -0.2) is 0 Å². The summed E-state index contributed by atoms with van der Waals surface area (Å²) in [5.74, 6) is 0. The molecule has 0 aliphatic carbocycles. The second-order valence-corrected chi connectivity index (χ2v) is 10.0. The van der Waals surface area contributed by atoms with E-state index in [0.717, 1.165) is 11.3 Å². The van der Waals surface area contributed by atoms with Gasteiger partial charge in [-0.05, 0) is 42.8 Å². The number of pyridine rings is 1. The fraction of sp³-hybridized carbons (Fsp3) is 0.0333. The zero-order valence-corrected chi connectivity index (χ0v) is 18.8. The number of thiophene rings is 1. The molecule has 33 heavy (non-hydrogen) atoms. The van der Waals surface area contributed by atoms with Crippen LogP contribution in [0.2, 0.25) is 0 Å². The molecule has 0 saturated carbocycles. The predicted molar refractivity (Wildman–Crippen MR) is 142 cm³/mol. The van der Waals surface area contributed by atoms with Crippen LogP contribution in [0, 0.1) is 6.92 Å². The van der Waals surface area contributed by atoms with E-state index < -0.39 is 0 Å². The molecule has 8 aromatic rings. The van der Waals surface area contributed by atoms with Gasteiger partial charge in [-0.2, -0.15) is 0 Å². The van der Waals surface area contributed by atoms with Gasteiger partial charge in [0.15, 0.2) is 0 Å². The van der Waals surface area contributed by atoms with Crippen LogP contribution in [0.5, 0.6) is 0 Å². The normalized spacial score (nSPS) is 12.4. The van der Waals surface area contributed by atoms with E-state index >= 15 is 0 Å². The summed E-state index contributed by atoms with van der Waals surface area (Å²) in [5, 5.41) is 7.96. The third-order valence-electron chi connectivity index (χ3n) is 7.02. The van der Waals surface area contributed by atoms with Crippen molar-refractivity contribution < 1.29 is 0 Å². The first-order chi connectivity index (χ1) is 16.3. The fourth-order valence-electron chi connectivity index (χ4n) is 5.56. The Morgan fingerprint density at radius 3 is 2.36 bits per heavy atom. The summed E-state index contributed by atoms with van der Waals surface area (Å²) < 4.78 is 5.19. The number of aromatic nitrogens is 2. The van der Waals surface area contributed by atoms with E-state index in [1.54, 1.807) is 0 Å². The Bertz CT molecular complexity index is 2020. The Labute approximate surface area is 193 Å². The fourth-order valence-corrected chi connectivity index (χ4v) is 6.67. The number of fused-ring (bicyclic) bond motifs is 10. The van der Waals surface area contributed by atoms with E-state index in [1.165, 1.54) is 63.8 Å². The Kier molecular flexibility index (Phi) is 3.25. The topological polar surface area (TPSA) is 17.3 Å². The lowest BCUT2D eigenvalue weighted by molar-refractivity contribution is 1.27. The first-order valence-corrected chi connectivity index (χ1v) is 12.0. The Balaban J connectivity index is 1.59. The monoisotopic (exact) mass is 438 g/mol. The highest BCUT2D eigenvalue weighted by molar-refractivity contribution is 7.26. The van der Waals surface area contributed by atoms with E-state index in [-0.39, 0.29) is 0 Å². The molecule has 0 amide bonds. The Morgan fingerprint density at radius 1 is 0.667 bits per heavy atom. The van der Waals surface area contributed by atoms with E-state index in [2.05, 4.69) is 101 Å². The van der Waals surface area contributed by atoms with E-state index in [0.29, 0.717) is 0 Å². The second kappa shape index (κ2) is 6.09. The molecule has 4 aromatic heterocycles. The summed E-state index contributed by atoms with van der Waals surface area (Å²) in [6.45, 7) is 2.08. The molecule has 154 valence electrons. The maximum atomic E-state index is 4.67. The molecule has 3 heteroatoms. The minimum Gasteiger partial charge on any atom is -0.307 e. The minimum absolute atomic E-state index is 1.02. The van der Waals surface area contributed by atoms with Crippen molar-refractivity contribution >= 4 is 69.6 Å². The van der Waals surface area contributed by atoms with Gasteiger partial charge in [0.25, 0.3) is 0 Å². The van der Waals surface area contributed by atoms with Crippen LogP contribution in [0.4, 0.5) is 0 Å². The average molecular weight is 439 g/mol. The van der Waals surface area contributed by atoms with Crippen molar-refractivity contribution in [2.24, 2.45) is 0 Å². The molecule has 0 saturated heterocycles. The standard InChI is InChI=1S/C30H18N2S/c1-17-9-12-24(31-16-17)18-10-13-25-23(15-18)20-7-4-6-19-21-11-14-27-28(30(21)32(25)29(19)20)22-5-2-3-8-26(22)33-27/h2-16H,1H3. The summed E-state index contributed by atoms with van der Waals surface area (Å²) in [5.41, 5.74) is 7.26. The average Bonchev–Trinajstić information content (AvgIpc) is 3.50. The molecule has 0 aliphatic rings. The largest absolute Gasteiger partial charge is 0.307 e. The maximum Gasteiger partial charge on any atom is 0.0702 e. The van der Waals surface area contributed by atoms with Crippen LogP contribution in [-0.4, -0.2) is 9.38 Å². The van der Waals surface area contributed by atoms with Gasteiger partial charge in [0.05, 0.1) is 22.2 Å². The van der Waals surface area contributed by atoms with Crippen LogP contribution in [0.1, 0.15) is 5.56 Å². The van der Waals surface area contributed by atoms with Crippen molar-refractivity contribution in [2.45, 2.75) is 6.92 Å². The molecule has 0 atom stereocenters. The molecule has 4 heterocycles. The molecule has 0 bridgehead atoms. The predicted octanol–water partition coefficient (Wildman–Crippen LogP) is 8.58. The van der Waals surface area contributed by atoms with Crippen molar-refractivity contribution in [3.8, 4) is 11.3 Å². The van der Waals surface area contributed by atoms with Gasteiger partial charge in [0.2, 0.25) is 0 Å². The van der Waals surface area contributed by atoms with Crippen molar-refractivity contribution in [1.29, 1.82) is 0 Å². The van der Waals surface area contributed by atoms with Crippen LogP contribution in [0.15, 0.2) is 91.1 Å². The first-order valence-electron chi connectivity index (χ1n) is 11.2. The van der Waals surface area contributed by atoms with Crippen LogP contribution < -0.4 is 0 Å². The van der Waals surface area contributed by atoms with E-state index in [4.69, 9.17) is 0 Å². The number of hydrogen-bond acceptors (Lipinski definition) is 2. The van der Waals surface area contributed by atoms with E-state index in [9.17, 15) is 0 Å². The molecule has 8 rings (SSSR count). The summed E-state index contributed by atoms with van der Waals surface area (Å²) in [6, 6.07) is 31.2. The lowest BCUT2D eigenvalue weighted by atomic mass is 10.0. The highest BCUT2D eigenvalue weighted by atomic mass is 32.1. The Morgan fingerprint density at radius 2 is 1.48 bits per heavy atom. The van der Waals surface area contributed by atoms with Crippen LogP contribution in [0.3, 0.4) is 0 Å². The number of rotatable bonds is 1. The molecular formula is C30H18N2S. The zero-order valence-electron chi connectivity index (χ0n) is 18.0. The molecule has 0 N–H and O–H groups in total. The van der Waals surface area contributed by atoms with Gasteiger partial charge in [0.1, 0.15) is 0 Å². The third-order valence-corrected chi connectivity index (χ3v) is 8.16. The molecule has 2 nitrogen and oxygen atoms in total. The van der Waals surface area contributed by atoms with Gasteiger partial charge in [-0.15, -0.1) is 11.3 Å². The highest BCUT2D eigenvalue weighted by Crippen LogP contribution is 2.45. The van der Waals surface area contributed by atoms with Crippen LogP contribution in [-0.2, 0) is 0 Å². The van der Waals surface area contributed by atoms with Crippen molar-refractivity contribution in [2.75, 3.05) is 0 Å². The van der Waals surface area contributed by atoms with Crippen molar-refractivity contribution in [3.05, 3.63) is 96.7 Å². The quantitative estimate of drug-likeness (QED) is 0.251. The SMILES string of the molecule is Cc1ccc(-c2ccc3c(c2)c2cccc4c5ccc6sc7ccccc7c6c5n3c24)nc1. The molecule has 0 fully saturated rings. The number of benzene rings is 4. The zero-order chi connectivity index (χ0) is 21.7. The summed E-state index contributed by atoms with van der Waals surface area (Å²) in [6.07, 6.45) is 1.94. The van der Waals surface area contributed by atoms with Crippen molar-refractivity contribution in [1.82, 2.24) is 9.38 Å². The van der Waals surface area contributed by atoms with Crippen molar-refractivity contribution in [3.63, 3.8) is 0 Å². The summed E-state index contributed by atoms with van der Waals surface area (Å²) in [4.78, 5) is 4.67. The number of aryl methyl sites for hydroxylation is 1. The van der Waals surface area contributed by atoms with Gasteiger partial charge in [-0.1, -0.05) is 54.6 Å². The third kappa shape index (κ3) is 2.20. The van der Waals surface area contributed by atoms with Gasteiger partial charge in [0, 0.05) is 53.5 Å². The van der Waals surface area contributed by atoms with E-state index in [1.807, 2.05) is 17.5 Å². The lowest BCUT2D eigenvalue weighted by Crippen LogP contribution is -1.85. The van der Waals surface area contributed by atoms with Gasteiger partial charge < -0.3 is 4.40 Å². The van der Waals surface area contributed by atoms with Crippen LogP contribution in [0.25, 0.3) is 69.5 Å². The number of nitrogens with zero attached hydrogens (tertiary/aromatic N) is 2. The summed E-state index contributed by atoms with van der Waals surface area (Å²) in [7, 11) is 0. The molecular weight excluding hydrogens is 420 g/mol. The highest BCUT2D eigenvalue weighted by Gasteiger charge is 2.20. The molecule has 0 unspecified atom stereocenters. The molecule has 0 spiro atoms. The molecule has 0 aliphatic heterocycles. The number of para-hydroxylation sites is 1. The molecule has 0 radical (unpaired) electrons. The molecule has 4 aromatic carbocycles. The smallest absolute Gasteiger partial charge is 0.0702 e. The maximum absolute atomic E-state index is 4.67. The first kappa shape index (κ1) is 17.6. The minimum atomic E-state index is 1.02. The Hall–Kier alpha value is -3.95. The summed E-state index contributed by atoms with van der Waals surface area (Å²) >= 11 is 1.88. The van der Waals surface area contributed by atoms with Gasteiger partial charge >= 0.3 is 0 Å².